The fraction of sp³-hybridized carbons (Fsp3) is 0.182. The van der Waals surface area contributed by atoms with Crippen LogP contribution in [-0.4, -0.2) is 33.0 Å². The molecule has 2 heterocycles. The molecule has 2 rings (SSSR count). The molecule has 0 spiro atoms. The van der Waals surface area contributed by atoms with E-state index in [1.54, 1.807) is 6.92 Å². The zero-order valence-corrected chi connectivity index (χ0v) is 11.0. The zero-order valence-electron chi connectivity index (χ0n) is 10.2. The summed E-state index contributed by atoms with van der Waals surface area (Å²) in [6.45, 7) is 1.78. The molecule has 0 atom stereocenters. The second-order valence-corrected chi connectivity index (χ2v) is 3.94. The Kier molecular flexibility index (Phi) is 3.86. The maximum Gasteiger partial charge on any atom is 0.278 e. The lowest BCUT2D eigenvalue weighted by Crippen LogP contribution is -2.16. The summed E-state index contributed by atoms with van der Waals surface area (Å²) in [7, 11) is 1.44. The quantitative estimate of drug-likeness (QED) is 0.856. The molecule has 0 aliphatic rings. The van der Waals surface area contributed by atoms with Crippen LogP contribution in [0, 0.1) is 6.92 Å². The molecule has 0 aliphatic heterocycles. The first-order valence-electron chi connectivity index (χ1n) is 5.27. The number of nitrogens with one attached hydrogen (secondary N) is 1. The van der Waals surface area contributed by atoms with Crippen molar-refractivity contribution in [3.63, 3.8) is 0 Å². The molecule has 0 aliphatic carbocycles. The van der Waals surface area contributed by atoms with Crippen LogP contribution in [-0.2, 0) is 0 Å². The predicted molar refractivity (Wildman–Crippen MR) is 68.3 cm³/mol. The number of methoxy groups -OCH3 is 1. The van der Waals surface area contributed by atoms with Gasteiger partial charge >= 0.3 is 0 Å². The Morgan fingerprint density at radius 1 is 1.32 bits per heavy atom. The second-order valence-electron chi connectivity index (χ2n) is 3.55. The molecule has 0 unspecified atom stereocenters. The highest BCUT2D eigenvalue weighted by Crippen LogP contribution is 2.15. The standard InChI is InChI=1S/C11H10ClN5O2/c1-6-4-14-7(5-13-6)10(18)17-11-15-8(12)3-9(16-11)19-2/h3-5H,1-2H3,(H,15,16,17,18). The number of ether oxygens (including phenoxy) is 1. The van der Waals surface area contributed by atoms with Gasteiger partial charge in [0, 0.05) is 12.3 Å². The van der Waals surface area contributed by atoms with E-state index in [0.717, 1.165) is 5.69 Å². The van der Waals surface area contributed by atoms with Crippen molar-refractivity contribution < 1.29 is 9.53 Å². The molecule has 2 aromatic rings. The van der Waals surface area contributed by atoms with E-state index >= 15 is 0 Å². The van der Waals surface area contributed by atoms with Gasteiger partial charge in [-0.3, -0.25) is 15.1 Å². The number of hydrogen-bond acceptors (Lipinski definition) is 6. The van der Waals surface area contributed by atoms with Gasteiger partial charge in [0.2, 0.25) is 11.8 Å². The van der Waals surface area contributed by atoms with Crippen LogP contribution in [0.2, 0.25) is 5.15 Å². The van der Waals surface area contributed by atoms with Crippen molar-refractivity contribution in [2.75, 3.05) is 12.4 Å². The van der Waals surface area contributed by atoms with Crippen LogP contribution < -0.4 is 10.1 Å². The first kappa shape index (κ1) is 13.2. The molecule has 7 nitrogen and oxygen atoms in total. The fourth-order valence-corrected chi connectivity index (χ4v) is 1.41. The number of anilines is 1. The average molecular weight is 280 g/mol. The van der Waals surface area contributed by atoms with Gasteiger partial charge in [-0.05, 0) is 6.92 Å². The van der Waals surface area contributed by atoms with E-state index in [1.165, 1.54) is 25.6 Å². The summed E-state index contributed by atoms with van der Waals surface area (Å²) in [5.74, 6) is -0.182. The summed E-state index contributed by atoms with van der Waals surface area (Å²) in [6, 6.07) is 1.43. The third-order valence-electron chi connectivity index (χ3n) is 2.12. The normalized spacial score (nSPS) is 10.1. The van der Waals surface area contributed by atoms with Gasteiger partial charge in [-0.25, -0.2) is 9.97 Å². The number of carbonyl (C=O) groups excluding carboxylic acids is 1. The van der Waals surface area contributed by atoms with Gasteiger partial charge in [-0.2, -0.15) is 4.98 Å². The van der Waals surface area contributed by atoms with Gasteiger partial charge in [0.05, 0.1) is 19.0 Å². The van der Waals surface area contributed by atoms with Crippen LogP contribution in [0.5, 0.6) is 5.88 Å². The van der Waals surface area contributed by atoms with Crippen LogP contribution in [0.4, 0.5) is 5.95 Å². The Morgan fingerprint density at radius 3 is 2.74 bits per heavy atom. The minimum Gasteiger partial charge on any atom is -0.481 e. The molecule has 0 fully saturated rings. The topological polar surface area (TPSA) is 89.9 Å². The first-order valence-corrected chi connectivity index (χ1v) is 5.65. The van der Waals surface area contributed by atoms with E-state index in [1.807, 2.05) is 0 Å². The predicted octanol–water partition coefficient (Wildman–Crippen LogP) is 1.49. The first-order chi connectivity index (χ1) is 9.08. The molecule has 8 heteroatoms. The molecule has 1 amide bonds. The molecule has 98 valence electrons. The number of rotatable bonds is 3. The Bertz CT molecular complexity index is 603. The highest BCUT2D eigenvalue weighted by molar-refractivity contribution is 6.29. The highest BCUT2D eigenvalue weighted by atomic mass is 35.5. The molecule has 19 heavy (non-hydrogen) atoms. The number of amides is 1. The van der Waals surface area contributed by atoms with E-state index in [2.05, 4.69) is 25.3 Å². The van der Waals surface area contributed by atoms with Crippen molar-refractivity contribution in [1.82, 2.24) is 19.9 Å². The van der Waals surface area contributed by atoms with Crippen LogP contribution in [0.15, 0.2) is 18.5 Å². The van der Waals surface area contributed by atoms with Crippen molar-refractivity contribution in [2.24, 2.45) is 0 Å². The molecule has 0 saturated carbocycles. The third-order valence-corrected chi connectivity index (χ3v) is 2.31. The number of halogens is 1. The van der Waals surface area contributed by atoms with E-state index in [9.17, 15) is 4.79 Å². The molecule has 2 aromatic heterocycles. The molecule has 0 aromatic carbocycles. The van der Waals surface area contributed by atoms with E-state index in [0.29, 0.717) is 0 Å². The maximum absolute atomic E-state index is 11.9. The lowest BCUT2D eigenvalue weighted by atomic mass is 10.4. The van der Waals surface area contributed by atoms with Crippen molar-refractivity contribution in [1.29, 1.82) is 0 Å². The summed E-state index contributed by atoms with van der Waals surface area (Å²) in [4.78, 5) is 27.6. The van der Waals surface area contributed by atoms with Gasteiger partial charge in [0.25, 0.3) is 5.91 Å². The van der Waals surface area contributed by atoms with Crippen LogP contribution in [0.25, 0.3) is 0 Å². The number of aryl methyl sites for hydroxylation is 1. The number of aromatic nitrogens is 4. The van der Waals surface area contributed by atoms with Crippen LogP contribution in [0.3, 0.4) is 0 Å². The largest absolute Gasteiger partial charge is 0.481 e. The molecule has 1 N–H and O–H groups in total. The van der Waals surface area contributed by atoms with Gasteiger partial charge in [-0.1, -0.05) is 11.6 Å². The van der Waals surface area contributed by atoms with Crippen molar-refractivity contribution >= 4 is 23.5 Å². The summed E-state index contributed by atoms with van der Waals surface area (Å²) >= 11 is 5.77. The monoisotopic (exact) mass is 279 g/mol. The fourth-order valence-electron chi connectivity index (χ4n) is 1.23. The Labute approximate surface area is 114 Å². The minimum absolute atomic E-state index is 0.0386. The Morgan fingerprint density at radius 2 is 2.11 bits per heavy atom. The summed E-state index contributed by atoms with van der Waals surface area (Å²) in [5, 5.41) is 2.63. The van der Waals surface area contributed by atoms with E-state index in [4.69, 9.17) is 16.3 Å². The van der Waals surface area contributed by atoms with Crippen LogP contribution >= 0.6 is 11.6 Å². The van der Waals surface area contributed by atoms with Gasteiger partial charge in [-0.15, -0.1) is 0 Å². The SMILES string of the molecule is COc1cc(Cl)nc(NC(=O)c2cnc(C)cn2)n1. The maximum atomic E-state index is 11.9. The van der Waals surface area contributed by atoms with Gasteiger partial charge in [0.15, 0.2) is 0 Å². The highest BCUT2D eigenvalue weighted by Gasteiger charge is 2.11. The van der Waals surface area contributed by atoms with Crippen molar-refractivity contribution in [3.05, 3.63) is 35.0 Å². The number of hydrogen-bond donors (Lipinski definition) is 1. The van der Waals surface area contributed by atoms with Gasteiger partial charge < -0.3 is 4.74 Å². The second kappa shape index (κ2) is 5.57. The van der Waals surface area contributed by atoms with Crippen LogP contribution in [0.1, 0.15) is 16.2 Å². The Hall–Kier alpha value is -2.28. The molecular formula is C11H10ClN5O2. The summed E-state index contributed by atoms with van der Waals surface area (Å²) in [6.07, 6.45) is 2.86. The van der Waals surface area contributed by atoms with Gasteiger partial charge in [0.1, 0.15) is 10.8 Å². The third kappa shape index (κ3) is 3.35. The minimum atomic E-state index is -0.475. The lowest BCUT2D eigenvalue weighted by Gasteiger charge is -2.05. The molecule has 0 radical (unpaired) electrons. The summed E-state index contributed by atoms with van der Waals surface area (Å²) in [5.41, 5.74) is 0.880. The molecule has 0 bridgehead atoms. The number of nitrogens with zero attached hydrogens (tertiary/aromatic N) is 4. The zero-order chi connectivity index (χ0) is 13.8. The number of carbonyl (C=O) groups is 1. The van der Waals surface area contributed by atoms with E-state index < -0.39 is 5.91 Å². The smallest absolute Gasteiger partial charge is 0.278 e. The lowest BCUT2D eigenvalue weighted by molar-refractivity contribution is 0.102. The molecular weight excluding hydrogens is 270 g/mol. The van der Waals surface area contributed by atoms with Crippen molar-refractivity contribution in [2.45, 2.75) is 6.92 Å². The average Bonchev–Trinajstić information content (AvgIpc) is 2.38. The Balaban J connectivity index is 2.18. The van der Waals surface area contributed by atoms with E-state index in [-0.39, 0.29) is 22.7 Å². The van der Waals surface area contributed by atoms with Crippen molar-refractivity contribution in [3.8, 4) is 5.88 Å². The molecule has 0 saturated heterocycles. The summed E-state index contributed by atoms with van der Waals surface area (Å²) < 4.78 is 4.92.